The molecule has 0 saturated carbocycles. The molecule has 2 amide bonds. The molecule has 2 heterocycles. The lowest BCUT2D eigenvalue weighted by Gasteiger charge is -2.10. The summed E-state index contributed by atoms with van der Waals surface area (Å²) in [4.78, 5) is 26.9. The van der Waals surface area contributed by atoms with E-state index in [0.29, 0.717) is 12.2 Å². The lowest BCUT2D eigenvalue weighted by atomic mass is 10.2. The Balaban J connectivity index is 1.76. The first-order valence-electron chi connectivity index (χ1n) is 5.86. The molecule has 1 aromatic rings. The normalized spacial score (nSPS) is 18.3. The lowest BCUT2D eigenvalue weighted by Crippen LogP contribution is -2.39. The summed E-state index contributed by atoms with van der Waals surface area (Å²) in [6.07, 6.45) is 5.04. The van der Waals surface area contributed by atoms with E-state index < -0.39 is 11.8 Å². The Labute approximate surface area is 105 Å². The number of carbonyl (C=O) groups excluding carboxylic acids is 2. The van der Waals surface area contributed by atoms with E-state index in [1.807, 2.05) is 0 Å². The van der Waals surface area contributed by atoms with Gasteiger partial charge in [-0.25, -0.2) is 0 Å². The van der Waals surface area contributed by atoms with Gasteiger partial charge in [0.05, 0.1) is 6.10 Å². The molecule has 2 rings (SSSR count). The molecule has 6 heteroatoms. The van der Waals surface area contributed by atoms with Gasteiger partial charge in [-0.15, -0.1) is 0 Å². The van der Waals surface area contributed by atoms with Crippen LogP contribution in [0.5, 0.6) is 0 Å². The predicted molar refractivity (Wildman–Crippen MR) is 64.9 cm³/mol. The first-order chi connectivity index (χ1) is 8.75. The zero-order chi connectivity index (χ0) is 12.8. The van der Waals surface area contributed by atoms with Crippen LogP contribution in [0, 0.1) is 0 Å². The Morgan fingerprint density at radius 1 is 1.33 bits per heavy atom. The molecule has 0 aliphatic carbocycles. The van der Waals surface area contributed by atoms with Crippen LogP contribution >= 0.6 is 0 Å². The molecular weight excluding hydrogens is 234 g/mol. The molecule has 0 aromatic carbocycles. The van der Waals surface area contributed by atoms with Gasteiger partial charge < -0.3 is 15.4 Å². The van der Waals surface area contributed by atoms with Gasteiger partial charge in [-0.05, 0) is 25.0 Å². The highest BCUT2D eigenvalue weighted by Crippen LogP contribution is 2.10. The van der Waals surface area contributed by atoms with Crippen molar-refractivity contribution < 1.29 is 14.3 Å². The van der Waals surface area contributed by atoms with Crippen LogP contribution in [0.25, 0.3) is 0 Å². The number of ether oxygens (including phenoxy) is 1. The third kappa shape index (κ3) is 3.53. The molecule has 1 aliphatic rings. The van der Waals surface area contributed by atoms with E-state index in [-0.39, 0.29) is 6.10 Å². The summed E-state index contributed by atoms with van der Waals surface area (Å²) in [5.41, 5.74) is 0.544. The van der Waals surface area contributed by atoms with Crippen molar-refractivity contribution in [2.75, 3.05) is 18.5 Å². The highest BCUT2D eigenvalue weighted by molar-refractivity contribution is 6.39. The molecule has 1 fully saturated rings. The number of aromatic nitrogens is 1. The van der Waals surface area contributed by atoms with Crippen LogP contribution in [0.1, 0.15) is 12.8 Å². The zero-order valence-electron chi connectivity index (χ0n) is 9.89. The Morgan fingerprint density at radius 2 is 2.11 bits per heavy atom. The molecule has 0 bridgehead atoms. The maximum absolute atomic E-state index is 11.5. The van der Waals surface area contributed by atoms with E-state index in [1.54, 1.807) is 24.5 Å². The van der Waals surface area contributed by atoms with E-state index in [9.17, 15) is 9.59 Å². The first kappa shape index (κ1) is 12.5. The van der Waals surface area contributed by atoms with Crippen molar-refractivity contribution in [2.24, 2.45) is 0 Å². The number of pyridine rings is 1. The molecule has 1 aliphatic heterocycles. The molecule has 1 atom stereocenters. The third-order valence-electron chi connectivity index (χ3n) is 2.66. The summed E-state index contributed by atoms with van der Waals surface area (Å²) < 4.78 is 5.35. The number of anilines is 1. The second-order valence-electron chi connectivity index (χ2n) is 4.04. The highest BCUT2D eigenvalue weighted by atomic mass is 16.5. The average molecular weight is 249 g/mol. The quantitative estimate of drug-likeness (QED) is 0.756. The Bertz CT molecular complexity index is 416. The molecule has 6 nitrogen and oxygen atoms in total. The number of carbonyl (C=O) groups is 2. The van der Waals surface area contributed by atoms with Crippen molar-refractivity contribution in [3.63, 3.8) is 0 Å². The van der Waals surface area contributed by atoms with Gasteiger partial charge in [0.1, 0.15) is 0 Å². The van der Waals surface area contributed by atoms with Crippen LogP contribution < -0.4 is 10.6 Å². The molecule has 96 valence electrons. The zero-order valence-corrected chi connectivity index (χ0v) is 9.89. The van der Waals surface area contributed by atoms with E-state index in [1.165, 1.54) is 0 Å². The Morgan fingerprint density at radius 3 is 2.78 bits per heavy atom. The predicted octanol–water partition coefficient (Wildman–Crippen LogP) is 0.315. The van der Waals surface area contributed by atoms with Gasteiger partial charge >= 0.3 is 11.8 Å². The van der Waals surface area contributed by atoms with Gasteiger partial charge in [0.25, 0.3) is 0 Å². The minimum absolute atomic E-state index is 0.0303. The number of nitrogens with one attached hydrogen (secondary N) is 2. The van der Waals surface area contributed by atoms with E-state index in [4.69, 9.17) is 4.74 Å². The van der Waals surface area contributed by atoms with Crippen LogP contribution in [0.15, 0.2) is 24.5 Å². The van der Waals surface area contributed by atoms with Crippen LogP contribution in [0.3, 0.4) is 0 Å². The van der Waals surface area contributed by atoms with Crippen molar-refractivity contribution in [3.05, 3.63) is 24.5 Å². The van der Waals surface area contributed by atoms with Gasteiger partial charge in [-0.1, -0.05) is 0 Å². The maximum atomic E-state index is 11.5. The smallest absolute Gasteiger partial charge is 0.313 e. The number of hydrogen-bond acceptors (Lipinski definition) is 4. The largest absolute Gasteiger partial charge is 0.376 e. The van der Waals surface area contributed by atoms with E-state index >= 15 is 0 Å². The maximum Gasteiger partial charge on any atom is 0.313 e. The minimum Gasteiger partial charge on any atom is -0.376 e. The molecule has 2 N–H and O–H groups in total. The second kappa shape index (κ2) is 6.11. The van der Waals surface area contributed by atoms with Gasteiger partial charge in [0.15, 0.2) is 0 Å². The molecular formula is C12H15N3O3. The molecule has 0 radical (unpaired) electrons. The highest BCUT2D eigenvalue weighted by Gasteiger charge is 2.19. The van der Waals surface area contributed by atoms with Crippen molar-refractivity contribution in [2.45, 2.75) is 18.9 Å². The summed E-state index contributed by atoms with van der Waals surface area (Å²) in [6, 6.07) is 3.23. The fourth-order valence-corrected chi connectivity index (χ4v) is 1.72. The summed E-state index contributed by atoms with van der Waals surface area (Å²) >= 11 is 0. The van der Waals surface area contributed by atoms with Crippen LogP contribution in [0.2, 0.25) is 0 Å². The number of hydrogen-bond donors (Lipinski definition) is 2. The van der Waals surface area contributed by atoms with Crippen LogP contribution in [-0.2, 0) is 14.3 Å². The first-order valence-corrected chi connectivity index (χ1v) is 5.86. The van der Waals surface area contributed by atoms with Gasteiger partial charge in [0.2, 0.25) is 0 Å². The fourth-order valence-electron chi connectivity index (χ4n) is 1.72. The van der Waals surface area contributed by atoms with E-state index in [2.05, 4.69) is 15.6 Å². The topological polar surface area (TPSA) is 80.3 Å². The average Bonchev–Trinajstić information content (AvgIpc) is 2.90. The number of amides is 2. The van der Waals surface area contributed by atoms with Gasteiger partial charge in [0, 0.05) is 31.2 Å². The van der Waals surface area contributed by atoms with E-state index in [0.717, 1.165) is 19.4 Å². The van der Waals surface area contributed by atoms with Crippen molar-refractivity contribution >= 4 is 17.5 Å². The molecule has 1 unspecified atom stereocenters. The Kier molecular flexibility index (Phi) is 4.25. The lowest BCUT2D eigenvalue weighted by molar-refractivity contribution is -0.136. The van der Waals surface area contributed by atoms with Crippen molar-refractivity contribution in [1.29, 1.82) is 0 Å². The third-order valence-corrected chi connectivity index (χ3v) is 2.66. The number of rotatable bonds is 3. The fraction of sp³-hybridized carbons (Fsp3) is 0.417. The summed E-state index contributed by atoms with van der Waals surface area (Å²) in [5.74, 6) is -1.33. The standard InChI is InChI=1S/C12H15N3O3/c16-11(14-8-10-2-1-7-18-10)12(17)15-9-3-5-13-6-4-9/h3-6,10H,1-2,7-8H2,(H,14,16)(H,13,15,17). The molecule has 1 aromatic heterocycles. The van der Waals surface area contributed by atoms with Gasteiger partial charge in [-0.3, -0.25) is 14.6 Å². The van der Waals surface area contributed by atoms with Crippen LogP contribution in [-0.4, -0.2) is 36.1 Å². The van der Waals surface area contributed by atoms with Crippen molar-refractivity contribution in [1.82, 2.24) is 10.3 Å². The number of nitrogens with zero attached hydrogens (tertiary/aromatic N) is 1. The SMILES string of the molecule is O=C(NCC1CCCO1)C(=O)Nc1ccncc1. The molecule has 18 heavy (non-hydrogen) atoms. The van der Waals surface area contributed by atoms with Gasteiger partial charge in [-0.2, -0.15) is 0 Å². The monoisotopic (exact) mass is 249 g/mol. The van der Waals surface area contributed by atoms with Crippen molar-refractivity contribution in [3.8, 4) is 0 Å². The van der Waals surface area contributed by atoms with Crippen LogP contribution in [0.4, 0.5) is 5.69 Å². The second-order valence-corrected chi connectivity index (χ2v) is 4.04. The molecule has 0 spiro atoms. The summed E-state index contributed by atoms with van der Waals surface area (Å²) in [7, 11) is 0. The summed E-state index contributed by atoms with van der Waals surface area (Å²) in [5, 5.41) is 5.04. The molecule has 1 saturated heterocycles. The minimum atomic E-state index is -0.681. The summed E-state index contributed by atoms with van der Waals surface area (Å²) in [6.45, 7) is 1.10. The Hall–Kier alpha value is -1.95.